The molecule has 1 aromatic carbocycles. The zero-order chi connectivity index (χ0) is 18.1. The van der Waals surface area contributed by atoms with E-state index in [1.165, 1.54) is 24.3 Å². The fourth-order valence-corrected chi connectivity index (χ4v) is 2.22. The van der Waals surface area contributed by atoms with Crippen LogP contribution in [0.25, 0.3) is 0 Å². The highest BCUT2D eigenvalue weighted by molar-refractivity contribution is 8.01. The van der Waals surface area contributed by atoms with Crippen molar-refractivity contribution in [2.75, 3.05) is 17.7 Å². The van der Waals surface area contributed by atoms with E-state index in [0.29, 0.717) is 5.69 Å². The Bertz CT molecular complexity index is 576. The van der Waals surface area contributed by atoms with Crippen LogP contribution >= 0.6 is 11.8 Å². The highest BCUT2D eigenvalue weighted by Gasteiger charge is 2.18. The number of amides is 1. The fraction of sp³-hybridized carbons (Fsp3) is 0.438. The molecular formula is C16H20FNO5S. The molecule has 0 heterocycles. The van der Waals surface area contributed by atoms with Gasteiger partial charge in [0.15, 0.2) is 6.61 Å². The van der Waals surface area contributed by atoms with E-state index >= 15 is 0 Å². The Balaban J connectivity index is 2.29. The molecule has 0 saturated carbocycles. The molecule has 0 aromatic heterocycles. The number of ether oxygens (including phenoxy) is 2. The molecule has 0 aliphatic rings. The number of hydrogen-bond acceptors (Lipinski definition) is 6. The maximum absolute atomic E-state index is 12.8. The first kappa shape index (κ1) is 20.0. The van der Waals surface area contributed by atoms with Crippen molar-refractivity contribution in [3.05, 3.63) is 30.1 Å². The minimum absolute atomic E-state index is 0.0179. The summed E-state index contributed by atoms with van der Waals surface area (Å²) in [7, 11) is 0. The second-order valence-electron chi connectivity index (χ2n) is 5.15. The number of carbonyl (C=O) groups is 3. The van der Waals surface area contributed by atoms with Crippen LogP contribution < -0.4 is 5.32 Å². The van der Waals surface area contributed by atoms with Gasteiger partial charge in [0.05, 0.1) is 11.9 Å². The predicted molar refractivity (Wildman–Crippen MR) is 89.1 cm³/mol. The number of carbonyl (C=O) groups excluding carboxylic acids is 3. The molecule has 0 spiro atoms. The number of anilines is 1. The van der Waals surface area contributed by atoms with Crippen molar-refractivity contribution in [2.24, 2.45) is 0 Å². The van der Waals surface area contributed by atoms with Gasteiger partial charge in [-0.3, -0.25) is 9.59 Å². The normalized spacial score (nSPS) is 11.7. The van der Waals surface area contributed by atoms with Crippen LogP contribution in [0.4, 0.5) is 10.1 Å². The van der Waals surface area contributed by atoms with Gasteiger partial charge in [-0.1, -0.05) is 0 Å². The summed E-state index contributed by atoms with van der Waals surface area (Å²) in [6, 6.07) is 5.35. The van der Waals surface area contributed by atoms with E-state index in [-0.39, 0.29) is 17.8 Å². The monoisotopic (exact) mass is 357 g/mol. The summed E-state index contributed by atoms with van der Waals surface area (Å²) in [5, 5.41) is 1.97. The molecular weight excluding hydrogens is 337 g/mol. The second-order valence-corrected chi connectivity index (χ2v) is 6.48. The van der Waals surface area contributed by atoms with Gasteiger partial charge in [-0.2, -0.15) is 0 Å². The van der Waals surface area contributed by atoms with Crippen LogP contribution in [0.3, 0.4) is 0 Å². The minimum Gasteiger partial charge on any atom is -0.460 e. The van der Waals surface area contributed by atoms with Gasteiger partial charge in [0.2, 0.25) is 5.91 Å². The van der Waals surface area contributed by atoms with Gasteiger partial charge >= 0.3 is 11.9 Å². The Labute approximate surface area is 144 Å². The molecule has 132 valence electrons. The Morgan fingerprint density at radius 2 is 1.79 bits per heavy atom. The van der Waals surface area contributed by atoms with Crippen LogP contribution in [0.2, 0.25) is 0 Å². The first-order valence-electron chi connectivity index (χ1n) is 7.31. The van der Waals surface area contributed by atoms with Crippen molar-refractivity contribution >= 4 is 35.3 Å². The van der Waals surface area contributed by atoms with Crippen LogP contribution in [0.5, 0.6) is 0 Å². The average Bonchev–Trinajstić information content (AvgIpc) is 2.51. The van der Waals surface area contributed by atoms with Crippen LogP contribution in [-0.2, 0) is 23.9 Å². The molecule has 24 heavy (non-hydrogen) atoms. The molecule has 1 atom stereocenters. The third kappa shape index (κ3) is 7.96. The molecule has 1 amide bonds. The summed E-state index contributed by atoms with van der Waals surface area (Å²) in [5.41, 5.74) is 0.466. The number of thioether (sulfide) groups is 1. The highest BCUT2D eigenvalue weighted by Crippen LogP contribution is 2.14. The van der Waals surface area contributed by atoms with Crippen molar-refractivity contribution in [3.8, 4) is 0 Å². The number of esters is 2. The Kier molecular flexibility index (Phi) is 8.25. The second kappa shape index (κ2) is 9.92. The molecule has 6 nitrogen and oxygen atoms in total. The lowest BCUT2D eigenvalue weighted by Gasteiger charge is -2.12. The molecule has 1 aromatic rings. The van der Waals surface area contributed by atoms with Gasteiger partial charge in [-0.15, -0.1) is 11.8 Å². The van der Waals surface area contributed by atoms with Gasteiger partial charge in [0.25, 0.3) is 0 Å². The fourth-order valence-electron chi connectivity index (χ4n) is 1.54. The molecule has 0 aliphatic carbocycles. The molecule has 0 aliphatic heterocycles. The summed E-state index contributed by atoms with van der Waals surface area (Å²) in [5.74, 6) is -1.93. The minimum atomic E-state index is -0.621. The number of halogens is 1. The van der Waals surface area contributed by atoms with Crippen molar-refractivity contribution in [1.29, 1.82) is 0 Å². The van der Waals surface area contributed by atoms with E-state index in [2.05, 4.69) is 5.32 Å². The molecule has 8 heteroatoms. The molecule has 1 N–H and O–H groups in total. The van der Waals surface area contributed by atoms with Crippen molar-refractivity contribution in [2.45, 2.75) is 32.1 Å². The summed E-state index contributed by atoms with van der Waals surface area (Å²) in [6.45, 7) is 4.51. The standard InChI is InChI=1S/C16H20FNO5S/c1-10(2)23-15(20)8-22-16(21)11(3)24-9-14(19)18-13-6-4-12(17)5-7-13/h4-7,10-11H,8-9H2,1-3H3,(H,18,19). The summed E-state index contributed by atoms with van der Waals surface area (Å²) >= 11 is 1.07. The van der Waals surface area contributed by atoms with Gasteiger partial charge in [0, 0.05) is 5.69 Å². The average molecular weight is 357 g/mol. The topological polar surface area (TPSA) is 81.7 Å². The quantitative estimate of drug-likeness (QED) is 0.720. The van der Waals surface area contributed by atoms with E-state index in [1.807, 2.05) is 0 Å². The first-order chi connectivity index (χ1) is 11.3. The van der Waals surface area contributed by atoms with Gasteiger partial charge in [-0.05, 0) is 45.0 Å². The van der Waals surface area contributed by atoms with Crippen molar-refractivity contribution < 1.29 is 28.2 Å². The lowest BCUT2D eigenvalue weighted by molar-refractivity contribution is -0.160. The Hall–Kier alpha value is -2.09. The molecule has 1 rings (SSSR count). The SMILES string of the molecule is CC(C)OC(=O)COC(=O)C(C)SCC(=O)Nc1ccc(F)cc1. The van der Waals surface area contributed by atoms with E-state index in [1.54, 1.807) is 20.8 Å². The maximum atomic E-state index is 12.8. The zero-order valence-corrected chi connectivity index (χ0v) is 14.5. The molecule has 0 saturated heterocycles. The predicted octanol–water partition coefficient (Wildman–Crippen LogP) is 2.38. The number of nitrogens with one attached hydrogen (secondary N) is 1. The number of benzene rings is 1. The Morgan fingerprint density at radius 1 is 1.17 bits per heavy atom. The third-order valence-corrected chi connectivity index (χ3v) is 3.75. The van der Waals surface area contributed by atoms with E-state index in [9.17, 15) is 18.8 Å². The summed E-state index contributed by atoms with van der Waals surface area (Å²) in [6.07, 6.45) is -0.279. The molecule has 0 bridgehead atoms. The molecule has 1 unspecified atom stereocenters. The van der Waals surface area contributed by atoms with E-state index in [0.717, 1.165) is 11.8 Å². The van der Waals surface area contributed by atoms with E-state index in [4.69, 9.17) is 9.47 Å². The van der Waals surface area contributed by atoms with Crippen LogP contribution in [0, 0.1) is 5.82 Å². The smallest absolute Gasteiger partial charge is 0.344 e. The number of hydrogen-bond donors (Lipinski definition) is 1. The van der Waals surface area contributed by atoms with Crippen LogP contribution in [0.1, 0.15) is 20.8 Å². The first-order valence-corrected chi connectivity index (χ1v) is 8.36. The zero-order valence-electron chi connectivity index (χ0n) is 13.7. The van der Waals surface area contributed by atoms with Crippen molar-refractivity contribution in [1.82, 2.24) is 0 Å². The van der Waals surface area contributed by atoms with Gasteiger partial charge < -0.3 is 14.8 Å². The van der Waals surface area contributed by atoms with Gasteiger partial charge in [-0.25, -0.2) is 9.18 Å². The lowest BCUT2D eigenvalue weighted by Crippen LogP contribution is -2.25. The van der Waals surface area contributed by atoms with Crippen LogP contribution in [0.15, 0.2) is 24.3 Å². The lowest BCUT2D eigenvalue weighted by atomic mass is 10.3. The highest BCUT2D eigenvalue weighted by atomic mass is 32.2. The molecule has 0 fully saturated rings. The van der Waals surface area contributed by atoms with Crippen LogP contribution in [-0.4, -0.2) is 41.6 Å². The largest absolute Gasteiger partial charge is 0.460 e. The van der Waals surface area contributed by atoms with Gasteiger partial charge in [0.1, 0.15) is 11.1 Å². The summed E-state index contributed by atoms with van der Waals surface area (Å²) < 4.78 is 22.4. The summed E-state index contributed by atoms with van der Waals surface area (Å²) in [4.78, 5) is 34.8. The molecule has 0 radical (unpaired) electrons. The van der Waals surface area contributed by atoms with E-state index < -0.39 is 29.6 Å². The third-order valence-electron chi connectivity index (χ3n) is 2.62. The number of rotatable bonds is 8. The van der Waals surface area contributed by atoms with Crippen molar-refractivity contribution in [3.63, 3.8) is 0 Å². The Morgan fingerprint density at radius 3 is 2.38 bits per heavy atom. The maximum Gasteiger partial charge on any atom is 0.344 e.